The van der Waals surface area contributed by atoms with Crippen LogP contribution in [0.25, 0.3) is 11.4 Å². The first-order valence-electron chi connectivity index (χ1n) is 6.86. The van der Waals surface area contributed by atoms with Crippen LogP contribution >= 0.6 is 11.6 Å². The molecule has 2 atom stereocenters. The van der Waals surface area contributed by atoms with Gasteiger partial charge in [-0.05, 0) is 47.9 Å². The lowest BCUT2D eigenvalue weighted by molar-refractivity contribution is 0.371. The fourth-order valence-corrected chi connectivity index (χ4v) is 2.43. The molecule has 1 aromatic carbocycles. The molecule has 6 heteroatoms. The monoisotopic (exact) mass is 293 g/mol. The third-order valence-corrected chi connectivity index (χ3v) is 3.91. The van der Waals surface area contributed by atoms with E-state index in [0.717, 1.165) is 18.4 Å². The van der Waals surface area contributed by atoms with Gasteiger partial charge in [-0.2, -0.15) is 0 Å². The van der Waals surface area contributed by atoms with Crippen molar-refractivity contribution in [3.8, 4) is 11.4 Å². The molecular weight excluding hydrogens is 274 g/mol. The predicted molar refractivity (Wildman–Crippen MR) is 81.5 cm³/mol. The second kappa shape index (κ2) is 6.22. The first-order chi connectivity index (χ1) is 9.52. The second-order valence-corrected chi connectivity index (χ2v) is 5.69. The van der Waals surface area contributed by atoms with Crippen LogP contribution in [-0.2, 0) is 0 Å². The maximum absolute atomic E-state index is 6.23. The minimum atomic E-state index is 0.215. The summed E-state index contributed by atoms with van der Waals surface area (Å²) in [6.45, 7) is 6.53. The Morgan fingerprint density at radius 1 is 1.35 bits per heavy atom. The van der Waals surface area contributed by atoms with Crippen LogP contribution in [0.4, 0.5) is 5.69 Å². The molecule has 108 valence electrons. The van der Waals surface area contributed by atoms with Crippen molar-refractivity contribution in [3.05, 3.63) is 23.2 Å². The van der Waals surface area contributed by atoms with Crippen molar-refractivity contribution < 1.29 is 0 Å². The summed E-state index contributed by atoms with van der Waals surface area (Å²) in [5.41, 5.74) is 7.24. The normalized spacial score (nSPS) is 14.2. The molecule has 0 aliphatic carbocycles. The van der Waals surface area contributed by atoms with Gasteiger partial charge in [-0.15, -0.1) is 5.10 Å². The van der Waals surface area contributed by atoms with Crippen LogP contribution in [0.2, 0.25) is 5.02 Å². The highest BCUT2D eigenvalue weighted by Crippen LogP contribution is 2.30. The van der Waals surface area contributed by atoms with Gasteiger partial charge in [0.1, 0.15) is 0 Å². The van der Waals surface area contributed by atoms with E-state index < -0.39 is 0 Å². The number of aromatic nitrogens is 4. The average Bonchev–Trinajstić information content (AvgIpc) is 2.90. The highest BCUT2D eigenvalue weighted by molar-refractivity contribution is 6.33. The molecule has 2 unspecified atom stereocenters. The third-order valence-electron chi connectivity index (χ3n) is 3.58. The Bertz CT molecular complexity index is 581. The quantitative estimate of drug-likeness (QED) is 0.856. The molecule has 0 saturated heterocycles. The SMILES string of the molecule is CCC(C)CC(C)n1nnnc1-c1cc(N)ccc1Cl. The van der Waals surface area contributed by atoms with E-state index in [1.165, 1.54) is 0 Å². The summed E-state index contributed by atoms with van der Waals surface area (Å²) in [7, 11) is 0. The van der Waals surface area contributed by atoms with E-state index in [-0.39, 0.29) is 6.04 Å². The van der Waals surface area contributed by atoms with Crippen molar-refractivity contribution in [2.45, 2.75) is 39.7 Å². The molecule has 0 radical (unpaired) electrons. The molecule has 0 bridgehead atoms. The summed E-state index contributed by atoms with van der Waals surface area (Å²) in [4.78, 5) is 0. The third kappa shape index (κ3) is 3.10. The first kappa shape index (κ1) is 14.8. The van der Waals surface area contributed by atoms with Gasteiger partial charge in [0, 0.05) is 11.3 Å². The van der Waals surface area contributed by atoms with Gasteiger partial charge >= 0.3 is 0 Å². The van der Waals surface area contributed by atoms with Gasteiger partial charge in [0.05, 0.1) is 11.1 Å². The zero-order chi connectivity index (χ0) is 14.7. The molecule has 5 nitrogen and oxygen atoms in total. The summed E-state index contributed by atoms with van der Waals surface area (Å²) in [5.74, 6) is 1.29. The molecule has 0 saturated carbocycles. The van der Waals surface area contributed by atoms with E-state index >= 15 is 0 Å². The highest BCUT2D eigenvalue weighted by atomic mass is 35.5. The molecule has 0 spiro atoms. The zero-order valence-electron chi connectivity index (χ0n) is 12.0. The van der Waals surface area contributed by atoms with Gasteiger partial charge in [0.25, 0.3) is 0 Å². The minimum absolute atomic E-state index is 0.215. The number of tetrazole rings is 1. The van der Waals surface area contributed by atoms with Gasteiger partial charge in [-0.25, -0.2) is 4.68 Å². The Morgan fingerprint density at radius 3 is 2.80 bits per heavy atom. The lowest BCUT2D eigenvalue weighted by Gasteiger charge is -2.17. The maximum Gasteiger partial charge on any atom is 0.183 e. The van der Waals surface area contributed by atoms with Crippen molar-refractivity contribution in [3.63, 3.8) is 0 Å². The first-order valence-corrected chi connectivity index (χ1v) is 7.24. The summed E-state index contributed by atoms with van der Waals surface area (Å²) < 4.78 is 1.83. The Balaban J connectivity index is 2.35. The van der Waals surface area contributed by atoms with Crippen LogP contribution in [0.3, 0.4) is 0 Å². The van der Waals surface area contributed by atoms with Crippen LogP contribution < -0.4 is 5.73 Å². The van der Waals surface area contributed by atoms with Crippen LogP contribution in [0.15, 0.2) is 18.2 Å². The van der Waals surface area contributed by atoms with Gasteiger partial charge in [0.2, 0.25) is 0 Å². The molecular formula is C14H20ClN5. The number of nitrogens with zero attached hydrogens (tertiary/aromatic N) is 4. The summed E-state index contributed by atoms with van der Waals surface area (Å²) in [6, 6.07) is 5.56. The van der Waals surface area contributed by atoms with E-state index in [9.17, 15) is 0 Å². The maximum atomic E-state index is 6.23. The topological polar surface area (TPSA) is 69.6 Å². The fourth-order valence-electron chi connectivity index (χ4n) is 2.23. The molecule has 0 aliphatic heterocycles. The number of nitrogens with two attached hydrogens (primary N) is 1. The molecule has 1 aromatic heterocycles. The number of anilines is 1. The van der Waals surface area contributed by atoms with Gasteiger partial charge in [-0.1, -0.05) is 31.9 Å². The fraction of sp³-hybridized carbons (Fsp3) is 0.500. The smallest absolute Gasteiger partial charge is 0.183 e. The number of benzene rings is 1. The summed E-state index contributed by atoms with van der Waals surface area (Å²) in [5, 5.41) is 12.6. The summed E-state index contributed by atoms with van der Waals surface area (Å²) in [6.07, 6.45) is 2.16. The largest absolute Gasteiger partial charge is 0.399 e. The zero-order valence-corrected chi connectivity index (χ0v) is 12.8. The van der Waals surface area contributed by atoms with Crippen LogP contribution in [0.5, 0.6) is 0 Å². The van der Waals surface area contributed by atoms with Crippen molar-refractivity contribution >= 4 is 17.3 Å². The van der Waals surface area contributed by atoms with E-state index in [2.05, 4.69) is 36.3 Å². The van der Waals surface area contributed by atoms with Gasteiger partial charge in [0.15, 0.2) is 5.82 Å². The number of nitrogen functional groups attached to an aromatic ring is 1. The summed E-state index contributed by atoms with van der Waals surface area (Å²) >= 11 is 6.23. The number of hydrogen-bond acceptors (Lipinski definition) is 4. The average molecular weight is 294 g/mol. The molecule has 2 aromatic rings. The lowest BCUT2D eigenvalue weighted by atomic mass is 10.0. The van der Waals surface area contributed by atoms with Crippen molar-refractivity contribution in [1.82, 2.24) is 20.2 Å². The van der Waals surface area contributed by atoms with Crippen molar-refractivity contribution in [2.24, 2.45) is 5.92 Å². The Morgan fingerprint density at radius 2 is 2.10 bits per heavy atom. The number of rotatable bonds is 5. The predicted octanol–water partition coefficient (Wildman–Crippen LogP) is 3.57. The molecule has 0 amide bonds. The van der Waals surface area contributed by atoms with E-state index in [0.29, 0.717) is 22.5 Å². The van der Waals surface area contributed by atoms with Gasteiger partial charge < -0.3 is 5.73 Å². The van der Waals surface area contributed by atoms with Gasteiger partial charge in [-0.3, -0.25) is 0 Å². The van der Waals surface area contributed by atoms with Crippen molar-refractivity contribution in [2.75, 3.05) is 5.73 Å². The molecule has 1 heterocycles. The molecule has 0 fully saturated rings. The lowest BCUT2D eigenvalue weighted by Crippen LogP contribution is -2.12. The van der Waals surface area contributed by atoms with Crippen LogP contribution in [0, 0.1) is 5.92 Å². The second-order valence-electron chi connectivity index (χ2n) is 5.28. The van der Waals surface area contributed by atoms with Crippen LogP contribution in [-0.4, -0.2) is 20.2 Å². The van der Waals surface area contributed by atoms with Crippen molar-refractivity contribution in [1.29, 1.82) is 0 Å². The Labute approximate surface area is 124 Å². The molecule has 2 rings (SSSR count). The minimum Gasteiger partial charge on any atom is -0.399 e. The Kier molecular flexibility index (Phi) is 4.60. The van der Waals surface area contributed by atoms with Crippen LogP contribution in [0.1, 0.15) is 39.7 Å². The number of hydrogen-bond donors (Lipinski definition) is 1. The van der Waals surface area contributed by atoms with E-state index in [4.69, 9.17) is 17.3 Å². The molecule has 0 aliphatic rings. The molecule has 2 N–H and O–H groups in total. The van der Waals surface area contributed by atoms with E-state index in [1.807, 2.05) is 4.68 Å². The number of halogens is 1. The Hall–Kier alpha value is -1.62. The standard InChI is InChI=1S/C14H20ClN5/c1-4-9(2)7-10(3)20-14(17-18-19-20)12-8-11(16)5-6-13(12)15/h5-6,8-10H,4,7,16H2,1-3H3. The highest BCUT2D eigenvalue weighted by Gasteiger charge is 2.18. The van der Waals surface area contributed by atoms with E-state index in [1.54, 1.807) is 18.2 Å². The molecule has 20 heavy (non-hydrogen) atoms.